The third kappa shape index (κ3) is 4.77. The minimum atomic E-state index is -0.0385. The summed E-state index contributed by atoms with van der Waals surface area (Å²) in [5.74, 6) is 0. The van der Waals surface area contributed by atoms with Crippen LogP contribution in [0.5, 0.6) is 0 Å². The van der Waals surface area contributed by atoms with Crippen molar-refractivity contribution in [1.82, 2.24) is 0 Å². The van der Waals surface area contributed by atoms with Crippen LogP contribution < -0.4 is 4.90 Å². The van der Waals surface area contributed by atoms with E-state index in [4.69, 9.17) is 0 Å². The van der Waals surface area contributed by atoms with Crippen LogP contribution in [0.3, 0.4) is 0 Å². The second kappa shape index (κ2) is 11.8. The third-order valence-electron chi connectivity index (χ3n) is 11.2. The first-order chi connectivity index (χ1) is 25.5. The Morgan fingerprint density at radius 2 is 0.904 bits per heavy atom. The molecule has 0 saturated heterocycles. The maximum Gasteiger partial charge on any atom is 0.0468 e. The highest BCUT2D eigenvalue weighted by molar-refractivity contribution is 6.23. The molecule has 0 heterocycles. The Labute approximate surface area is 305 Å². The van der Waals surface area contributed by atoms with Crippen molar-refractivity contribution < 1.29 is 0 Å². The summed E-state index contributed by atoms with van der Waals surface area (Å²) in [4.78, 5) is 2.40. The van der Waals surface area contributed by atoms with E-state index in [1.807, 2.05) is 0 Å². The molecule has 0 radical (unpaired) electrons. The van der Waals surface area contributed by atoms with E-state index in [9.17, 15) is 0 Å². The lowest BCUT2D eigenvalue weighted by Gasteiger charge is -2.27. The minimum absolute atomic E-state index is 0.0385. The summed E-state index contributed by atoms with van der Waals surface area (Å²) in [6.07, 6.45) is 0. The fourth-order valence-corrected chi connectivity index (χ4v) is 8.64. The van der Waals surface area contributed by atoms with Crippen molar-refractivity contribution in [2.75, 3.05) is 4.90 Å². The maximum absolute atomic E-state index is 2.40. The molecule has 0 spiro atoms. The number of benzene rings is 9. The molecule has 0 fully saturated rings. The molecule has 0 N–H and O–H groups in total. The van der Waals surface area contributed by atoms with E-state index >= 15 is 0 Å². The lowest BCUT2D eigenvalue weighted by Crippen LogP contribution is -2.15. The standard InChI is InChI=1S/C51H37N/c1-51(2)48-19-11-10-17-44(48)47-33-41(30-31-49(47)51)52(39-26-22-35(23-27-39)34-12-4-3-5-13-34)40-28-24-37(25-29-40)46-32-38-21-20-36-14-6-7-15-42(36)50(38)45-18-9-8-16-43(45)46/h3-33H,1-2H3. The molecular weight excluding hydrogens is 627 g/mol. The first-order valence-electron chi connectivity index (χ1n) is 18.2. The summed E-state index contributed by atoms with van der Waals surface area (Å²) in [7, 11) is 0. The van der Waals surface area contributed by atoms with Crippen LogP contribution in [0.1, 0.15) is 25.0 Å². The monoisotopic (exact) mass is 663 g/mol. The molecule has 10 rings (SSSR count). The van der Waals surface area contributed by atoms with Crippen LogP contribution in [-0.4, -0.2) is 0 Å². The molecule has 9 aromatic rings. The Morgan fingerprint density at radius 1 is 0.346 bits per heavy atom. The Hall–Kier alpha value is -6.44. The second-order valence-electron chi connectivity index (χ2n) is 14.6. The molecule has 52 heavy (non-hydrogen) atoms. The Bertz CT molecular complexity index is 2790. The third-order valence-corrected chi connectivity index (χ3v) is 11.2. The van der Waals surface area contributed by atoms with E-state index in [2.05, 4.69) is 207 Å². The van der Waals surface area contributed by atoms with Crippen molar-refractivity contribution >= 4 is 49.4 Å². The lowest BCUT2D eigenvalue weighted by atomic mass is 9.82. The van der Waals surface area contributed by atoms with Gasteiger partial charge in [0, 0.05) is 22.5 Å². The predicted octanol–water partition coefficient (Wildman–Crippen LogP) is 14.3. The largest absolute Gasteiger partial charge is 0.310 e. The van der Waals surface area contributed by atoms with Crippen molar-refractivity contribution in [3.8, 4) is 33.4 Å². The van der Waals surface area contributed by atoms with Gasteiger partial charge < -0.3 is 4.90 Å². The van der Waals surface area contributed by atoms with Crippen LogP contribution in [0.25, 0.3) is 65.7 Å². The van der Waals surface area contributed by atoms with E-state index in [1.165, 1.54) is 76.8 Å². The van der Waals surface area contributed by atoms with Crippen molar-refractivity contribution in [2.24, 2.45) is 0 Å². The van der Waals surface area contributed by atoms with Crippen molar-refractivity contribution in [3.63, 3.8) is 0 Å². The van der Waals surface area contributed by atoms with Gasteiger partial charge in [0.2, 0.25) is 0 Å². The van der Waals surface area contributed by atoms with Gasteiger partial charge in [0.25, 0.3) is 0 Å². The smallest absolute Gasteiger partial charge is 0.0468 e. The molecule has 1 aliphatic carbocycles. The van der Waals surface area contributed by atoms with Gasteiger partial charge in [-0.25, -0.2) is 0 Å². The molecule has 0 aromatic heterocycles. The highest BCUT2D eigenvalue weighted by Crippen LogP contribution is 2.51. The molecule has 1 heteroatoms. The van der Waals surface area contributed by atoms with Crippen LogP contribution in [0.2, 0.25) is 0 Å². The number of fused-ring (bicyclic) bond motifs is 8. The molecular formula is C51H37N. The molecule has 1 aliphatic rings. The first kappa shape index (κ1) is 30.4. The van der Waals surface area contributed by atoms with Gasteiger partial charge in [0.15, 0.2) is 0 Å². The normalized spacial score (nSPS) is 13.0. The van der Waals surface area contributed by atoms with E-state index < -0.39 is 0 Å². The molecule has 0 aliphatic heterocycles. The zero-order chi connectivity index (χ0) is 34.8. The number of rotatable bonds is 5. The zero-order valence-electron chi connectivity index (χ0n) is 29.3. The first-order valence-corrected chi connectivity index (χ1v) is 18.2. The summed E-state index contributed by atoms with van der Waals surface area (Å²) < 4.78 is 0. The SMILES string of the molecule is CC1(C)c2ccccc2-c2cc(N(c3ccc(-c4ccccc4)cc3)c3ccc(-c4cc5ccc6ccccc6c5c5ccccc45)cc3)ccc21. The highest BCUT2D eigenvalue weighted by atomic mass is 15.1. The van der Waals surface area contributed by atoms with Crippen molar-refractivity contribution in [3.05, 3.63) is 199 Å². The molecule has 0 amide bonds. The van der Waals surface area contributed by atoms with Gasteiger partial charge in [0.1, 0.15) is 0 Å². The van der Waals surface area contributed by atoms with E-state index in [0.29, 0.717) is 0 Å². The zero-order valence-corrected chi connectivity index (χ0v) is 29.3. The van der Waals surface area contributed by atoms with Gasteiger partial charge in [0.05, 0.1) is 0 Å². The Morgan fingerprint density at radius 3 is 1.67 bits per heavy atom. The van der Waals surface area contributed by atoms with E-state index in [1.54, 1.807) is 0 Å². The predicted molar refractivity (Wildman–Crippen MR) is 222 cm³/mol. The molecule has 1 nitrogen and oxygen atoms in total. The summed E-state index contributed by atoms with van der Waals surface area (Å²) in [6, 6.07) is 69.1. The summed E-state index contributed by atoms with van der Waals surface area (Å²) >= 11 is 0. The molecule has 9 aromatic carbocycles. The Balaban J connectivity index is 1.11. The average Bonchev–Trinajstić information content (AvgIpc) is 3.43. The van der Waals surface area contributed by atoms with Gasteiger partial charge in [-0.2, -0.15) is 0 Å². The quantitative estimate of drug-likeness (QED) is 0.166. The number of nitrogens with zero attached hydrogens (tertiary/aromatic N) is 1. The van der Waals surface area contributed by atoms with Gasteiger partial charge in [-0.3, -0.25) is 0 Å². The number of hydrogen-bond donors (Lipinski definition) is 0. The topological polar surface area (TPSA) is 3.24 Å². The van der Waals surface area contributed by atoms with Crippen LogP contribution in [0.15, 0.2) is 188 Å². The summed E-state index contributed by atoms with van der Waals surface area (Å²) in [5.41, 5.74) is 13.7. The summed E-state index contributed by atoms with van der Waals surface area (Å²) in [6.45, 7) is 4.68. The van der Waals surface area contributed by atoms with Crippen molar-refractivity contribution in [2.45, 2.75) is 19.3 Å². The van der Waals surface area contributed by atoms with E-state index in [0.717, 1.165) is 17.1 Å². The highest BCUT2D eigenvalue weighted by Gasteiger charge is 2.35. The average molecular weight is 664 g/mol. The minimum Gasteiger partial charge on any atom is -0.310 e. The molecule has 246 valence electrons. The van der Waals surface area contributed by atoms with Crippen LogP contribution >= 0.6 is 0 Å². The fourth-order valence-electron chi connectivity index (χ4n) is 8.64. The fraction of sp³-hybridized carbons (Fsp3) is 0.0588. The van der Waals surface area contributed by atoms with Crippen LogP contribution in [-0.2, 0) is 5.41 Å². The number of hydrogen-bond acceptors (Lipinski definition) is 1. The van der Waals surface area contributed by atoms with Gasteiger partial charge in [-0.15, -0.1) is 0 Å². The van der Waals surface area contributed by atoms with Crippen LogP contribution in [0, 0.1) is 0 Å². The van der Waals surface area contributed by atoms with Crippen LogP contribution in [0.4, 0.5) is 17.1 Å². The Kier molecular flexibility index (Phi) is 6.91. The van der Waals surface area contributed by atoms with Gasteiger partial charge in [-0.1, -0.05) is 159 Å². The number of anilines is 3. The van der Waals surface area contributed by atoms with Crippen molar-refractivity contribution in [1.29, 1.82) is 0 Å². The molecule has 0 saturated carbocycles. The molecule has 0 unspecified atom stereocenters. The maximum atomic E-state index is 2.40. The second-order valence-corrected chi connectivity index (χ2v) is 14.6. The summed E-state index contributed by atoms with van der Waals surface area (Å²) in [5, 5.41) is 7.71. The lowest BCUT2D eigenvalue weighted by molar-refractivity contribution is 0.660. The van der Waals surface area contributed by atoms with Gasteiger partial charge in [-0.05, 0) is 119 Å². The molecule has 0 atom stereocenters. The van der Waals surface area contributed by atoms with E-state index in [-0.39, 0.29) is 5.41 Å². The molecule has 0 bridgehead atoms. The van der Waals surface area contributed by atoms with Gasteiger partial charge >= 0.3 is 0 Å².